The first-order valence-corrected chi connectivity index (χ1v) is 27.8. The van der Waals surface area contributed by atoms with E-state index in [-0.39, 0.29) is 89.2 Å². The van der Waals surface area contributed by atoms with Gasteiger partial charge in [0.05, 0.1) is 12.2 Å². The highest BCUT2D eigenvalue weighted by Crippen LogP contribution is 2.12. The number of hydrogen-bond acceptors (Lipinski definition) is 18. The molecule has 460 valence electrons. The highest BCUT2D eigenvalue weighted by atomic mass is 16.3. The summed E-state index contributed by atoms with van der Waals surface area (Å²) >= 11 is 0. The molecule has 29 nitrogen and oxygen atoms in total. The van der Waals surface area contributed by atoms with Crippen molar-refractivity contribution in [2.24, 2.45) is 34.6 Å². The number of nitrogens with two attached hydrogens (primary N) is 5. The van der Waals surface area contributed by atoms with E-state index in [0.29, 0.717) is 5.56 Å². The number of hydrogen-bond donors (Lipinski definition) is 18. The van der Waals surface area contributed by atoms with Gasteiger partial charge in [0.25, 0.3) is 5.91 Å². The van der Waals surface area contributed by atoms with Gasteiger partial charge in [0, 0.05) is 18.5 Å². The lowest BCUT2D eigenvalue weighted by molar-refractivity contribution is -0.136. The summed E-state index contributed by atoms with van der Waals surface area (Å²) in [6.45, 7) is 4.70. The van der Waals surface area contributed by atoms with E-state index in [1.165, 1.54) is 26.0 Å². The Balaban J connectivity index is 2.09. The summed E-state index contributed by atoms with van der Waals surface area (Å²) in [7, 11) is 0. The minimum atomic E-state index is -1.73. The molecule has 23 N–H and O–H groups in total. The molecule has 0 spiro atoms. The Morgan fingerprint density at radius 1 is 0.530 bits per heavy atom. The number of carbonyl (C=O) groups excluding carboxylic acids is 11. The van der Waals surface area contributed by atoms with Gasteiger partial charge in [-0.3, -0.25) is 52.7 Å². The maximum atomic E-state index is 14.5. The number of amides is 11. The van der Waals surface area contributed by atoms with E-state index >= 15 is 0 Å². The largest absolute Gasteiger partial charge is 0.391 e. The molecule has 1 aliphatic rings. The van der Waals surface area contributed by atoms with Crippen LogP contribution in [0.2, 0.25) is 0 Å². The summed E-state index contributed by atoms with van der Waals surface area (Å²) in [4.78, 5) is 154. The molecule has 0 aromatic heterocycles. The zero-order chi connectivity index (χ0) is 61.8. The van der Waals surface area contributed by atoms with E-state index in [2.05, 4.69) is 58.5 Å². The number of aliphatic hydroxyl groups excluding tert-OH is 2. The second kappa shape index (κ2) is 36.0. The molecule has 83 heavy (non-hydrogen) atoms. The lowest BCUT2D eigenvalue weighted by Crippen LogP contribution is -2.62. The van der Waals surface area contributed by atoms with Crippen LogP contribution in [0.15, 0.2) is 60.7 Å². The van der Waals surface area contributed by atoms with Crippen molar-refractivity contribution in [3.05, 3.63) is 71.8 Å². The summed E-state index contributed by atoms with van der Waals surface area (Å²) in [5.74, 6) is -10.3. The van der Waals surface area contributed by atoms with Crippen molar-refractivity contribution < 1.29 is 63.0 Å². The molecule has 0 saturated carbocycles. The fraction of sp³-hybridized carbons (Fsp3) is 0.574. The van der Waals surface area contributed by atoms with Crippen molar-refractivity contribution in [2.75, 3.05) is 39.3 Å². The molecule has 0 aliphatic carbocycles. The third-order valence-electron chi connectivity index (χ3n) is 13.2. The lowest BCUT2D eigenvalue weighted by Gasteiger charge is -2.29. The predicted molar refractivity (Wildman–Crippen MR) is 304 cm³/mol. The maximum absolute atomic E-state index is 14.5. The van der Waals surface area contributed by atoms with Crippen molar-refractivity contribution in [2.45, 2.75) is 152 Å². The lowest BCUT2D eigenvalue weighted by atomic mass is 10.00. The molecular formula is C54H86N16O13. The Morgan fingerprint density at radius 2 is 0.988 bits per heavy atom. The summed E-state index contributed by atoms with van der Waals surface area (Å²) in [5.41, 5.74) is 30.1. The van der Waals surface area contributed by atoms with Crippen molar-refractivity contribution in [3.63, 3.8) is 0 Å². The van der Waals surface area contributed by atoms with Crippen molar-refractivity contribution in [3.8, 4) is 0 Å². The SMILES string of the molecule is CC(C)C[C@@H]1NC(=O)[C@@H](Cc2ccccc2)NC(=O)[C@H](CCN)NC(=O)[C@@H](NC(=O)[C@H](CCN)NC(=O)[C@@H](NC(=O)[C@H](CCN)NC(=O)c2ccccc2)[C@@H](C)O)CCNC(=O)[C@H]([C@@H](C)O)NC(=O)[C@H](CCN)NC(=O)[C@H](CCN)NC1=O. The molecular weight excluding hydrogens is 1080 g/mol. The monoisotopic (exact) mass is 1170 g/mol. The molecule has 11 amide bonds. The van der Waals surface area contributed by atoms with Gasteiger partial charge in [0.15, 0.2) is 0 Å². The van der Waals surface area contributed by atoms with Gasteiger partial charge in [-0.1, -0.05) is 62.4 Å². The first kappa shape index (κ1) is 69.6. The normalized spacial score (nSPS) is 22.7. The van der Waals surface area contributed by atoms with Gasteiger partial charge in [-0.15, -0.1) is 0 Å². The van der Waals surface area contributed by atoms with Gasteiger partial charge in [0.2, 0.25) is 59.1 Å². The zero-order valence-electron chi connectivity index (χ0n) is 47.5. The third kappa shape index (κ3) is 23.2. The Hall–Kier alpha value is -7.67. The van der Waals surface area contributed by atoms with E-state index in [9.17, 15) is 63.0 Å². The molecule has 1 heterocycles. The first-order chi connectivity index (χ1) is 39.5. The average Bonchev–Trinajstić information content (AvgIpc) is 3.44. The van der Waals surface area contributed by atoms with Crippen molar-refractivity contribution in [1.29, 1.82) is 0 Å². The Kier molecular flexibility index (Phi) is 30.2. The highest BCUT2D eigenvalue weighted by molar-refractivity contribution is 6.00. The van der Waals surface area contributed by atoms with E-state index in [0.717, 1.165) is 0 Å². The molecule has 0 bridgehead atoms. The molecule has 29 heteroatoms. The average molecular weight is 1170 g/mol. The van der Waals surface area contributed by atoms with Gasteiger partial charge in [0.1, 0.15) is 60.4 Å². The Bertz CT molecular complexity index is 2470. The van der Waals surface area contributed by atoms with Gasteiger partial charge >= 0.3 is 0 Å². The highest BCUT2D eigenvalue weighted by Gasteiger charge is 2.37. The molecule has 1 fully saturated rings. The van der Waals surface area contributed by atoms with Gasteiger partial charge in [-0.25, -0.2) is 0 Å². The number of benzene rings is 2. The van der Waals surface area contributed by atoms with Crippen LogP contribution >= 0.6 is 0 Å². The van der Waals surface area contributed by atoms with Crippen LogP contribution in [0.25, 0.3) is 0 Å². The molecule has 0 unspecified atom stereocenters. The second-order valence-corrected chi connectivity index (χ2v) is 20.6. The van der Waals surface area contributed by atoms with Crippen LogP contribution < -0.4 is 87.2 Å². The van der Waals surface area contributed by atoms with Gasteiger partial charge < -0.3 is 97.4 Å². The van der Waals surface area contributed by atoms with Crippen LogP contribution in [0.1, 0.15) is 88.6 Å². The van der Waals surface area contributed by atoms with Crippen LogP contribution in [0.3, 0.4) is 0 Å². The topological polar surface area (TPSA) is 491 Å². The molecule has 1 aliphatic heterocycles. The number of nitrogens with one attached hydrogen (secondary N) is 11. The van der Waals surface area contributed by atoms with Gasteiger partial charge in [-0.05, 0) is 115 Å². The van der Waals surface area contributed by atoms with E-state index in [1.54, 1.807) is 62.4 Å². The third-order valence-corrected chi connectivity index (χ3v) is 13.2. The van der Waals surface area contributed by atoms with Crippen molar-refractivity contribution in [1.82, 2.24) is 58.5 Å². The van der Waals surface area contributed by atoms with Crippen molar-refractivity contribution >= 4 is 65.0 Å². The molecule has 1 saturated heterocycles. The minimum Gasteiger partial charge on any atom is -0.391 e. The quantitative estimate of drug-likeness (QED) is 0.0465. The van der Waals surface area contributed by atoms with Gasteiger partial charge in [-0.2, -0.15) is 0 Å². The molecule has 3 rings (SSSR count). The number of rotatable bonds is 24. The summed E-state index contributed by atoms with van der Waals surface area (Å²) < 4.78 is 0. The van der Waals surface area contributed by atoms with Crippen LogP contribution in [0.4, 0.5) is 0 Å². The van der Waals surface area contributed by atoms with Crippen LogP contribution in [-0.4, -0.2) is 187 Å². The summed E-state index contributed by atoms with van der Waals surface area (Å²) in [6.07, 6.45) is -4.62. The summed E-state index contributed by atoms with van der Waals surface area (Å²) in [6, 6.07) is 1.53. The van der Waals surface area contributed by atoms with E-state index < -0.39 is 151 Å². The fourth-order valence-electron chi connectivity index (χ4n) is 8.70. The van der Waals surface area contributed by atoms with E-state index in [4.69, 9.17) is 28.7 Å². The molecule has 0 radical (unpaired) electrons. The molecule has 12 atom stereocenters. The smallest absolute Gasteiger partial charge is 0.251 e. The number of aliphatic hydroxyl groups is 2. The molecule has 2 aromatic carbocycles. The Morgan fingerprint density at radius 3 is 1.48 bits per heavy atom. The summed E-state index contributed by atoms with van der Waals surface area (Å²) in [5, 5.41) is 49.4. The predicted octanol–water partition coefficient (Wildman–Crippen LogP) is -6.54. The first-order valence-electron chi connectivity index (χ1n) is 27.8. The Labute approximate surface area is 482 Å². The zero-order valence-corrected chi connectivity index (χ0v) is 47.5. The van der Waals surface area contributed by atoms with Crippen LogP contribution in [-0.2, 0) is 54.4 Å². The van der Waals surface area contributed by atoms with Crippen LogP contribution in [0, 0.1) is 5.92 Å². The number of carbonyl (C=O) groups is 11. The molecule has 2 aromatic rings. The van der Waals surface area contributed by atoms with Crippen LogP contribution in [0.5, 0.6) is 0 Å². The minimum absolute atomic E-state index is 0.0418. The van der Waals surface area contributed by atoms with E-state index in [1.807, 2.05) is 0 Å². The fourth-order valence-corrected chi connectivity index (χ4v) is 8.70. The second-order valence-electron chi connectivity index (χ2n) is 20.6. The standard InChI is InChI=1S/C54H86N16O13/c1-29(2)27-40-51(80)64-34(15-21-55)45(74)63-38(19-25-59)50(79)69-42(30(3)71)53(82)60-26-20-39(48(77)62-35(16-22-56)47(76)68-41(52(81)67-40)28-32-11-7-5-8-12-32)65-46(75)36(17-23-57)66-54(83)43(31(4)72)70-49(78)37(18-24-58)61-44(73)33-13-9-6-10-14-33/h5-14,29-31,34-43,71-72H,15-28,55-59H2,1-4H3,(H,60,82)(H,61,73)(H,62,77)(H,63,74)(H,64,80)(H,65,75)(H,66,83)(H,67,81)(H,68,76)(H,69,79)(H,70,78)/t30-,31-,34+,35+,36+,37+,38+,39+,40+,41-,42+,43+/m1/s1. The maximum Gasteiger partial charge on any atom is 0.251 e.